The van der Waals surface area contributed by atoms with Crippen molar-refractivity contribution in [3.8, 4) is 5.75 Å². The standard InChI is InChI=1S/C18H19N3O2S/c1-2-21-17(22)15-10-6-11-19-16(15)20-18(21)24-13-7-12-23-14-8-4-3-5-9-14/h3-6,8-11H,2,7,12-13H2,1H3. The SMILES string of the molecule is CCn1c(SCCCOc2ccccc2)nc2ncccc2c1=O. The van der Waals surface area contributed by atoms with Gasteiger partial charge in [-0.3, -0.25) is 9.36 Å². The van der Waals surface area contributed by atoms with Crippen LogP contribution in [0.1, 0.15) is 13.3 Å². The summed E-state index contributed by atoms with van der Waals surface area (Å²) >= 11 is 1.57. The number of nitrogens with zero attached hydrogens (tertiary/aromatic N) is 3. The maximum Gasteiger partial charge on any atom is 0.263 e. The van der Waals surface area contributed by atoms with Crippen molar-refractivity contribution in [2.45, 2.75) is 25.0 Å². The molecule has 0 bridgehead atoms. The van der Waals surface area contributed by atoms with Gasteiger partial charge >= 0.3 is 0 Å². The first kappa shape index (κ1) is 16.5. The molecule has 0 aliphatic rings. The summed E-state index contributed by atoms with van der Waals surface area (Å²) in [5.41, 5.74) is 0.480. The molecule has 0 aliphatic carbocycles. The third-order valence-electron chi connectivity index (χ3n) is 3.54. The Morgan fingerprint density at radius 3 is 2.79 bits per heavy atom. The summed E-state index contributed by atoms with van der Waals surface area (Å²) in [7, 11) is 0. The fraction of sp³-hybridized carbons (Fsp3) is 0.278. The lowest BCUT2D eigenvalue weighted by Crippen LogP contribution is -2.22. The van der Waals surface area contributed by atoms with Crippen molar-refractivity contribution in [1.29, 1.82) is 0 Å². The molecule has 2 heterocycles. The number of benzene rings is 1. The van der Waals surface area contributed by atoms with Gasteiger partial charge in [0.1, 0.15) is 5.75 Å². The average molecular weight is 341 g/mol. The van der Waals surface area contributed by atoms with Gasteiger partial charge in [-0.05, 0) is 37.6 Å². The normalized spacial score (nSPS) is 10.9. The van der Waals surface area contributed by atoms with Crippen LogP contribution in [0.15, 0.2) is 58.6 Å². The molecule has 0 saturated heterocycles. The summed E-state index contributed by atoms with van der Waals surface area (Å²) in [5, 5.41) is 1.28. The number of fused-ring (bicyclic) bond motifs is 1. The minimum Gasteiger partial charge on any atom is -0.494 e. The molecule has 1 aromatic carbocycles. The van der Waals surface area contributed by atoms with Crippen molar-refractivity contribution >= 4 is 22.8 Å². The molecule has 0 fully saturated rings. The van der Waals surface area contributed by atoms with Gasteiger partial charge in [0, 0.05) is 18.5 Å². The lowest BCUT2D eigenvalue weighted by atomic mass is 10.3. The van der Waals surface area contributed by atoms with Crippen molar-refractivity contribution in [2.75, 3.05) is 12.4 Å². The third kappa shape index (κ3) is 3.76. The molecule has 3 aromatic rings. The second-order valence-electron chi connectivity index (χ2n) is 5.18. The van der Waals surface area contributed by atoms with E-state index in [2.05, 4.69) is 9.97 Å². The van der Waals surface area contributed by atoms with Crippen molar-refractivity contribution < 1.29 is 4.74 Å². The first-order chi connectivity index (χ1) is 11.8. The van der Waals surface area contributed by atoms with Crippen molar-refractivity contribution in [3.63, 3.8) is 0 Å². The minimum absolute atomic E-state index is 0.0290. The highest BCUT2D eigenvalue weighted by atomic mass is 32.2. The van der Waals surface area contributed by atoms with E-state index in [0.717, 1.165) is 17.9 Å². The largest absolute Gasteiger partial charge is 0.494 e. The fourth-order valence-corrected chi connectivity index (χ4v) is 3.32. The second kappa shape index (κ2) is 7.97. The molecule has 0 N–H and O–H groups in total. The maximum atomic E-state index is 12.5. The second-order valence-corrected chi connectivity index (χ2v) is 6.24. The predicted octanol–water partition coefficient (Wildman–Crippen LogP) is 3.37. The zero-order chi connectivity index (χ0) is 16.8. The summed E-state index contributed by atoms with van der Waals surface area (Å²) in [6.07, 6.45) is 2.53. The van der Waals surface area contributed by atoms with Crippen LogP contribution in [-0.4, -0.2) is 26.9 Å². The molecule has 0 amide bonds. The van der Waals surface area contributed by atoms with Gasteiger partial charge < -0.3 is 4.74 Å². The zero-order valence-electron chi connectivity index (χ0n) is 13.5. The van der Waals surface area contributed by atoms with Crippen LogP contribution in [0.2, 0.25) is 0 Å². The van der Waals surface area contributed by atoms with Crippen LogP contribution in [0.3, 0.4) is 0 Å². The number of aromatic nitrogens is 3. The molecule has 0 unspecified atom stereocenters. The summed E-state index contributed by atoms with van der Waals surface area (Å²) in [4.78, 5) is 21.2. The van der Waals surface area contributed by atoms with E-state index in [0.29, 0.717) is 29.3 Å². The molecule has 24 heavy (non-hydrogen) atoms. The molecule has 0 radical (unpaired) electrons. The van der Waals surface area contributed by atoms with Gasteiger partial charge in [0.25, 0.3) is 5.56 Å². The number of hydrogen-bond acceptors (Lipinski definition) is 5. The van der Waals surface area contributed by atoms with Gasteiger partial charge in [-0.15, -0.1) is 0 Å². The number of pyridine rings is 1. The van der Waals surface area contributed by atoms with Gasteiger partial charge in [-0.25, -0.2) is 9.97 Å². The summed E-state index contributed by atoms with van der Waals surface area (Å²) in [6.45, 7) is 3.19. The number of ether oxygens (including phenoxy) is 1. The van der Waals surface area contributed by atoms with E-state index in [9.17, 15) is 4.79 Å². The van der Waals surface area contributed by atoms with Crippen LogP contribution in [0, 0.1) is 0 Å². The van der Waals surface area contributed by atoms with Crippen LogP contribution in [0.5, 0.6) is 5.75 Å². The van der Waals surface area contributed by atoms with Crippen molar-refractivity contribution in [2.24, 2.45) is 0 Å². The number of thioether (sulfide) groups is 1. The highest BCUT2D eigenvalue weighted by molar-refractivity contribution is 7.99. The van der Waals surface area contributed by atoms with E-state index in [1.807, 2.05) is 37.3 Å². The highest BCUT2D eigenvalue weighted by Gasteiger charge is 2.10. The number of hydrogen-bond donors (Lipinski definition) is 0. The fourth-order valence-electron chi connectivity index (χ4n) is 2.35. The minimum atomic E-state index is -0.0290. The molecule has 5 nitrogen and oxygen atoms in total. The smallest absolute Gasteiger partial charge is 0.263 e. The average Bonchev–Trinajstić information content (AvgIpc) is 2.62. The van der Waals surface area contributed by atoms with Crippen LogP contribution in [-0.2, 0) is 6.54 Å². The van der Waals surface area contributed by atoms with Gasteiger partial charge in [-0.1, -0.05) is 30.0 Å². The Morgan fingerprint density at radius 1 is 1.17 bits per heavy atom. The van der Waals surface area contributed by atoms with Crippen molar-refractivity contribution in [3.05, 3.63) is 59.0 Å². The first-order valence-corrected chi connectivity index (χ1v) is 8.94. The molecular weight excluding hydrogens is 322 g/mol. The molecular formula is C18H19N3O2S. The summed E-state index contributed by atoms with van der Waals surface area (Å²) in [5.74, 6) is 1.71. The van der Waals surface area contributed by atoms with Crippen LogP contribution >= 0.6 is 11.8 Å². The Balaban J connectivity index is 1.63. The van der Waals surface area contributed by atoms with E-state index >= 15 is 0 Å². The Hall–Kier alpha value is -2.34. The molecule has 6 heteroatoms. The van der Waals surface area contributed by atoms with Crippen LogP contribution < -0.4 is 10.3 Å². The van der Waals surface area contributed by atoms with Gasteiger partial charge in [0.15, 0.2) is 10.8 Å². The molecule has 124 valence electrons. The van der Waals surface area contributed by atoms with Gasteiger partial charge in [-0.2, -0.15) is 0 Å². The van der Waals surface area contributed by atoms with Crippen molar-refractivity contribution in [1.82, 2.24) is 14.5 Å². The van der Waals surface area contributed by atoms with E-state index in [1.165, 1.54) is 0 Å². The lowest BCUT2D eigenvalue weighted by molar-refractivity contribution is 0.318. The van der Waals surface area contributed by atoms with Crippen LogP contribution in [0.4, 0.5) is 0 Å². The third-order valence-corrected chi connectivity index (χ3v) is 4.61. The molecule has 2 aromatic heterocycles. The molecule has 3 rings (SSSR count). The monoisotopic (exact) mass is 341 g/mol. The molecule has 0 atom stereocenters. The van der Waals surface area contributed by atoms with E-state index in [4.69, 9.17) is 4.74 Å². The molecule has 0 spiro atoms. The topological polar surface area (TPSA) is 57.0 Å². The number of para-hydroxylation sites is 1. The predicted molar refractivity (Wildman–Crippen MR) is 96.8 cm³/mol. The van der Waals surface area contributed by atoms with Gasteiger partial charge in [0.2, 0.25) is 0 Å². The van der Waals surface area contributed by atoms with E-state index in [-0.39, 0.29) is 5.56 Å². The first-order valence-electron chi connectivity index (χ1n) is 7.96. The van der Waals surface area contributed by atoms with E-state index < -0.39 is 0 Å². The maximum absolute atomic E-state index is 12.5. The Bertz CT molecular complexity index is 865. The quantitative estimate of drug-likeness (QED) is 0.375. The lowest BCUT2D eigenvalue weighted by Gasteiger charge is -2.10. The van der Waals surface area contributed by atoms with Crippen LogP contribution in [0.25, 0.3) is 11.0 Å². The summed E-state index contributed by atoms with van der Waals surface area (Å²) < 4.78 is 7.38. The zero-order valence-corrected chi connectivity index (χ0v) is 14.3. The summed E-state index contributed by atoms with van der Waals surface area (Å²) in [6, 6.07) is 13.3. The Kier molecular flexibility index (Phi) is 5.48. The molecule has 0 aliphatic heterocycles. The highest BCUT2D eigenvalue weighted by Crippen LogP contribution is 2.18. The van der Waals surface area contributed by atoms with E-state index in [1.54, 1.807) is 34.7 Å². The molecule has 0 saturated carbocycles. The van der Waals surface area contributed by atoms with Gasteiger partial charge in [0.05, 0.1) is 12.0 Å². The Labute approximate surface area is 144 Å². The Morgan fingerprint density at radius 2 is 2.00 bits per heavy atom. The number of rotatable bonds is 7.